The van der Waals surface area contributed by atoms with E-state index >= 15 is 0 Å². The number of hydroxylamine groups is 6. The van der Waals surface area contributed by atoms with Crippen molar-refractivity contribution in [3.63, 3.8) is 0 Å². The summed E-state index contributed by atoms with van der Waals surface area (Å²) in [6, 6.07) is 0. The van der Waals surface area contributed by atoms with E-state index in [1.165, 1.54) is 51.1 Å². The van der Waals surface area contributed by atoms with Gasteiger partial charge in [-0.15, -0.1) is 0 Å². The summed E-state index contributed by atoms with van der Waals surface area (Å²) in [6.07, 6.45) is 18.0. The molecular formula is C44H68N12O4. The van der Waals surface area contributed by atoms with Crippen molar-refractivity contribution in [1.29, 1.82) is 0 Å². The lowest BCUT2D eigenvalue weighted by molar-refractivity contribution is -0.127. The van der Waals surface area contributed by atoms with Crippen LogP contribution in [0, 0.1) is 0 Å². The SMILES string of the molecule is CCCN1C=C(C)CC2=C1N1CN(OC)C=C1CN2C.CCCN1C=C(C)CC2=C1N1CN(OC)C=C1CN2C(C)=O.CCN1C=C(C)CC2=C1N1CN(OC)C=C1CN2. The molecule has 9 aliphatic heterocycles. The highest BCUT2D eigenvalue weighted by Crippen LogP contribution is 2.40. The normalized spacial score (nSPS) is 21.8. The fourth-order valence-electron chi connectivity index (χ4n) is 9.28. The number of nitrogens with one attached hydrogen (secondary N) is 1. The average Bonchev–Trinajstić information content (AvgIpc) is 3.97. The Morgan fingerprint density at radius 1 is 0.617 bits per heavy atom. The van der Waals surface area contributed by atoms with Crippen LogP contribution >= 0.6 is 0 Å². The molecule has 0 aromatic rings. The van der Waals surface area contributed by atoms with Crippen molar-refractivity contribution < 1.29 is 19.3 Å². The lowest BCUT2D eigenvalue weighted by Gasteiger charge is -2.44. The van der Waals surface area contributed by atoms with Crippen molar-refractivity contribution in [1.82, 2.24) is 59.7 Å². The standard InChI is InChI=1S/C16H24N4O2.C15H24N4O.C13H20N4O/c1-5-6-17-8-12(2)7-15-16(17)20-11-18(22-4)9-14(20)10-19(15)13(3)21;1-5-6-17-8-12(2)7-14-15(17)19-11-18(20-4)10-13(19)9-16(14)3;1-4-15-7-10(2)5-12-13(15)17-9-16(18-3)8-11(17)6-14-12/h8-9H,5-7,10-11H2,1-4H3;8,10H,5-7,9,11H2,1-4H3;7-8,14H,4-6,9H2,1-3H3. The van der Waals surface area contributed by atoms with Gasteiger partial charge in [0.1, 0.15) is 37.5 Å². The minimum atomic E-state index is 0.0927. The minimum absolute atomic E-state index is 0.0927. The molecular weight excluding hydrogens is 761 g/mol. The van der Waals surface area contributed by atoms with Gasteiger partial charge in [-0.25, -0.2) is 15.2 Å². The Balaban J connectivity index is 0.000000137. The van der Waals surface area contributed by atoms with E-state index in [-0.39, 0.29) is 5.91 Å². The van der Waals surface area contributed by atoms with Crippen molar-refractivity contribution in [3.05, 3.63) is 106 Å². The first kappa shape index (κ1) is 42.9. The van der Waals surface area contributed by atoms with Crippen LogP contribution in [0.2, 0.25) is 0 Å². The van der Waals surface area contributed by atoms with Gasteiger partial charge in [-0.3, -0.25) is 19.3 Å². The number of fused-ring (bicyclic) bond motifs is 6. The number of likely N-dealkylation sites (N-methyl/N-ethyl adjacent to an activating group) is 1. The quantitative estimate of drug-likeness (QED) is 0.335. The Labute approximate surface area is 357 Å². The van der Waals surface area contributed by atoms with Crippen LogP contribution in [0.1, 0.15) is 80.6 Å². The number of carbonyl (C=O) groups is 1. The summed E-state index contributed by atoms with van der Waals surface area (Å²) in [5.41, 5.74) is 11.6. The van der Waals surface area contributed by atoms with E-state index in [4.69, 9.17) is 14.5 Å². The topological polar surface area (TPSA) is 92.4 Å². The lowest BCUT2D eigenvalue weighted by Crippen LogP contribution is -2.47. The molecule has 0 atom stereocenters. The van der Waals surface area contributed by atoms with Gasteiger partial charge in [-0.1, -0.05) is 30.6 Å². The third-order valence-corrected chi connectivity index (χ3v) is 11.9. The molecule has 0 aliphatic carbocycles. The van der Waals surface area contributed by atoms with E-state index in [0.29, 0.717) is 13.2 Å². The van der Waals surface area contributed by atoms with Crippen molar-refractivity contribution in [3.8, 4) is 0 Å². The lowest BCUT2D eigenvalue weighted by atomic mass is 10.0. The van der Waals surface area contributed by atoms with Crippen LogP contribution in [0.25, 0.3) is 0 Å². The Kier molecular flexibility index (Phi) is 13.0. The molecule has 0 radical (unpaired) electrons. The zero-order chi connectivity index (χ0) is 42.8. The summed E-state index contributed by atoms with van der Waals surface area (Å²) < 4.78 is 0. The summed E-state index contributed by atoms with van der Waals surface area (Å²) in [5.74, 6) is 3.83. The molecule has 0 bridgehead atoms. The highest BCUT2D eigenvalue weighted by Gasteiger charge is 2.40. The summed E-state index contributed by atoms with van der Waals surface area (Å²) in [7, 11) is 7.29. The van der Waals surface area contributed by atoms with Gasteiger partial charge in [0.05, 0.1) is 93.7 Å². The van der Waals surface area contributed by atoms with Crippen LogP contribution in [-0.4, -0.2) is 148 Å². The second-order valence-corrected chi connectivity index (χ2v) is 16.7. The maximum Gasteiger partial charge on any atom is 0.224 e. The molecule has 1 N–H and O–H groups in total. The van der Waals surface area contributed by atoms with Gasteiger partial charge in [0.25, 0.3) is 0 Å². The van der Waals surface area contributed by atoms with Crippen molar-refractivity contribution in [2.75, 3.05) is 87.7 Å². The molecule has 0 saturated carbocycles. The Morgan fingerprint density at radius 2 is 1.08 bits per heavy atom. The number of nitrogens with zero attached hydrogens (tertiary/aromatic N) is 11. The number of hydrogen-bond acceptors (Lipinski definition) is 15. The van der Waals surface area contributed by atoms with E-state index in [1.54, 1.807) is 33.3 Å². The molecule has 0 fully saturated rings. The zero-order valence-electron chi connectivity index (χ0n) is 37.9. The monoisotopic (exact) mass is 829 g/mol. The largest absolute Gasteiger partial charge is 0.380 e. The van der Waals surface area contributed by atoms with E-state index in [9.17, 15) is 4.79 Å². The van der Waals surface area contributed by atoms with Crippen molar-refractivity contribution >= 4 is 5.91 Å². The van der Waals surface area contributed by atoms with Crippen LogP contribution in [0.5, 0.6) is 0 Å². The number of carbonyl (C=O) groups excluding carboxylic acids is 1. The molecule has 9 rings (SSSR count). The van der Waals surface area contributed by atoms with Crippen molar-refractivity contribution in [2.24, 2.45) is 0 Å². The molecule has 16 heteroatoms. The molecule has 1 amide bonds. The van der Waals surface area contributed by atoms with Gasteiger partial charge in [-0.2, -0.15) is 0 Å². The first-order chi connectivity index (χ1) is 28.9. The fourth-order valence-corrected chi connectivity index (χ4v) is 9.28. The summed E-state index contributed by atoms with van der Waals surface area (Å²) >= 11 is 0. The van der Waals surface area contributed by atoms with Gasteiger partial charge in [0.2, 0.25) is 5.91 Å². The van der Waals surface area contributed by atoms with Crippen LogP contribution in [-0.2, 0) is 19.3 Å². The molecule has 16 nitrogen and oxygen atoms in total. The van der Waals surface area contributed by atoms with E-state index in [1.807, 2.05) is 21.2 Å². The van der Waals surface area contributed by atoms with E-state index in [0.717, 1.165) is 95.4 Å². The van der Waals surface area contributed by atoms with Gasteiger partial charge in [0.15, 0.2) is 0 Å². The smallest absolute Gasteiger partial charge is 0.224 e. The van der Waals surface area contributed by atoms with Crippen LogP contribution < -0.4 is 5.32 Å². The molecule has 0 aromatic carbocycles. The number of rotatable bonds is 8. The number of allylic oxidation sites excluding steroid dienone is 3. The summed E-state index contributed by atoms with van der Waals surface area (Å²) in [4.78, 5) is 46.4. The number of hydrogen-bond donors (Lipinski definition) is 1. The second-order valence-electron chi connectivity index (χ2n) is 16.7. The first-order valence-electron chi connectivity index (χ1n) is 21.5. The van der Waals surface area contributed by atoms with Crippen molar-refractivity contribution in [2.45, 2.75) is 80.6 Å². The van der Waals surface area contributed by atoms with Crippen LogP contribution in [0.3, 0.4) is 0 Å². The van der Waals surface area contributed by atoms with Gasteiger partial charge in [-0.05, 0) is 40.5 Å². The van der Waals surface area contributed by atoms with Crippen LogP contribution in [0.15, 0.2) is 106 Å². The predicted octanol–water partition coefficient (Wildman–Crippen LogP) is 5.48. The first-order valence-corrected chi connectivity index (χ1v) is 21.5. The molecule has 328 valence electrons. The zero-order valence-corrected chi connectivity index (χ0v) is 37.9. The summed E-state index contributed by atoms with van der Waals surface area (Å²) in [6.45, 7) is 22.4. The average molecular weight is 829 g/mol. The van der Waals surface area contributed by atoms with E-state index in [2.05, 4.69) is 119 Å². The molecule has 9 aliphatic rings. The third-order valence-electron chi connectivity index (χ3n) is 11.9. The second kappa shape index (κ2) is 18.2. The molecule has 0 aromatic heterocycles. The maximum atomic E-state index is 12.1. The Morgan fingerprint density at radius 3 is 1.60 bits per heavy atom. The molecule has 0 spiro atoms. The predicted molar refractivity (Wildman–Crippen MR) is 232 cm³/mol. The molecule has 0 unspecified atom stereocenters. The van der Waals surface area contributed by atoms with Crippen LogP contribution in [0.4, 0.5) is 0 Å². The summed E-state index contributed by atoms with van der Waals surface area (Å²) in [5, 5.41) is 9.11. The maximum absolute atomic E-state index is 12.1. The number of amides is 1. The van der Waals surface area contributed by atoms with Gasteiger partial charge in [0, 0.05) is 71.5 Å². The fraction of sp³-hybridized carbons (Fsp3) is 0.568. The third kappa shape index (κ3) is 8.41. The Hall–Kier alpha value is -5.19. The van der Waals surface area contributed by atoms with Gasteiger partial charge >= 0.3 is 0 Å². The van der Waals surface area contributed by atoms with E-state index < -0.39 is 0 Å². The highest BCUT2D eigenvalue weighted by atomic mass is 16.7. The minimum Gasteiger partial charge on any atom is -0.380 e. The highest BCUT2D eigenvalue weighted by molar-refractivity contribution is 5.76. The Bertz CT molecular complexity index is 1960. The molecule has 0 saturated heterocycles. The molecule has 9 heterocycles. The molecule has 60 heavy (non-hydrogen) atoms. The van der Waals surface area contributed by atoms with Gasteiger partial charge < -0.3 is 44.5 Å².